The van der Waals surface area contributed by atoms with E-state index >= 15 is 0 Å². The molecule has 0 aliphatic heterocycles. The summed E-state index contributed by atoms with van der Waals surface area (Å²) < 4.78 is 26.7. The normalized spacial score (nSPS) is 11.8. The molecule has 2 aromatic heterocycles. The molecule has 2 heterocycles. The maximum atomic E-state index is 11.9. The Hall–Kier alpha value is -1.93. The van der Waals surface area contributed by atoms with Gasteiger partial charge in [-0.15, -0.1) is 0 Å². The molecular weight excluding hydrogens is 290 g/mol. The van der Waals surface area contributed by atoms with E-state index in [2.05, 4.69) is 15.4 Å². The average Bonchev–Trinajstić information content (AvgIpc) is 2.85. The summed E-state index contributed by atoms with van der Waals surface area (Å²) in [7, 11) is 1.44. The van der Waals surface area contributed by atoms with Crippen LogP contribution in [0.4, 0.5) is 5.82 Å². The first-order valence-corrected chi connectivity index (χ1v) is 7.94. The van der Waals surface area contributed by atoms with E-state index in [0.29, 0.717) is 12.4 Å². The summed E-state index contributed by atoms with van der Waals surface area (Å²) in [5.74, 6) is 0.642. The van der Waals surface area contributed by atoms with Gasteiger partial charge in [-0.2, -0.15) is 5.10 Å². The molecule has 0 unspecified atom stereocenters. The second-order valence-corrected chi connectivity index (χ2v) is 6.98. The lowest BCUT2D eigenvalue weighted by Gasteiger charge is -2.11. The molecular formula is C13H19N5O2S. The number of rotatable bonds is 6. The zero-order chi connectivity index (χ0) is 15.5. The number of pyridine rings is 1. The minimum absolute atomic E-state index is 0.183. The quantitative estimate of drug-likeness (QED) is 0.850. The van der Waals surface area contributed by atoms with Crippen LogP contribution in [0.2, 0.25) is 0 Å². The number of hydrogen-bond acceptors (Lipinski definition) is 5. The van der Waals surface area contributed by atoms with Crippen LogP contribution >= 0.6 is 0 Å². The lowest BCUT2D eigenvalue weighted by molar-refractivity contribution is 0.520. The Kier molecular flexibility index (Phi) is 4.59. The third kappa shape index (κ3) is 3.79. The van der Waals surface area contributed by atoms with Crippen LogP contribution in [0.15, 0.2) is 35.5 Å². The van der Waals surface area contributed by atoms with Gasteiger partial charge in [0, 0.05) is 46.5 Å². The molecule has 0 radical (unpaired) electrons. The van der Waals surface area contributed by atoms with Gasteiger partial charge in [0.15, 0.2) is 0 Å². The van der Waals surface area contributed by atoms with E-state index in [1.54, 1.807) is 16.8 Å². The SMILES string of the molecule is CN(C)S(=O)(=O)c1ccc(NCCc2ccn(C)n2)nc1. The lowest BCUT2D eigenvalue weighted by Crippen LogP contribution is -2.22. The predicted octanol–water partition coefficient (Wildman–Crippen LogP) is 0.720. The van der Waals surface area contributed by atoms with Crippen molar-refractivity contribution in [3.63, 3.8) is 0 Å². The Balaban J connectivity index is 1.94. The summed E-state index contributed by atoms with van der Waals surface area (Å²) in [6, 6.07) is 5.17. The Morgan fingerprint density at radius 1 is 1.29 bits per heavy atom. The molecule has 0 aromatic carbocycles. The van der Waals surface area contributed by atoms with Crippen LogP contribution in [0.1, 0.15) is 5.69 Å². The highest BCUT2D eigenvalue weighted by Gasteiger charge is 2.17. The van der Waals surface area contributed by atoms with Gasteiger partial charge < -0.3 is 5.32 Å². The molecule has 8 heteroatoms. The van der Waals surface area contributed by atoms with Crippen molar-refractivity contribution in [2.75, 3.05) is 26.0 Å². The number of nitrogens with one attached hydrogen (secondary N) is 1. The van der Waals surface area contributed by atoms with E-state index in [1.807, 2.05) is 19.3 Å². The van der Waals surface area contributed by atoms with E-state index < -0.39 is 10.0 Å². The van der Waals surface area contributed by atoms with Crippen molar-refractivity contribution in [2.45, 2.75) is 11.3 Å². The van der Waals surface area contributed by atoms with Gasteiger partial charge in [-0.25, -0.2) is 17.7 Å². The first-order chi connectivity index (χ1) is 9.89. The topological polar surface area (TPSA) is 80.1 Å². The second kappa shape index (κ2) is 6.23. The Morgan fingerprint density at radius 3 is 2.57 bits per heavy atom. The standard InChI is InChI=1S/C13H19N5O2S/c1-17(2)21(19,20)12-4-5-13(15-10-12)14-8-6-11-7-9-18(3)16-11/h4-5,7,9-10H,6,8H2,1-3H3,(H,14,15). The predicted molar refractivity (Wildman–Crippen MR) is 80.5 cm³/mol. The van der Waals surface area contributed by atoms with Crippen molar-refractivity contribution < 1.29 is 8.42 Å². The summed E-state index contributed by atoms with van der Waals surface area (Å²) in [6.45, 7) is 0.684. The fourth-order valence-corrected chi connectivity index (χ4v) is 2.61. The molecule has 2 rings (SSSR count). The maximum Gasteiger partial charge on any atom is 0.244 e. The van der Waals surface area contributed by atoms with E-state index in [0.717, 1.165) is 16.4 Å². The number of aromatic nitrogens is 3. The minimum atomic E-state index is -3.42. The fraction of sp³-hybridized carbons (Fsp3) is 0.385. The molecule has 1 N–H and O–H groups in total. The van der Waals surface area contributed by atoms with E-state index in [1.165, 1.54) is 20.3 Å². The van der Waals surface area contributed by atoms with Crippen LogP contribution in [0.25, 0.3) is 0 Å². The first kappa shape index (κ1) is 15.5. The third-order valence-corrected chi connectivity index (χ3v) is 4.77. The second-order valence-electron chi connectivity index (χ2n) is 4.82. The van der Waals surface area contributed by atoms with Gasteiger partial charge in [0.05, 0.1) is 5.69 Å². The third-order valence-electron chi connectivity index (χ3n) is 2.97. The number of sulfonamides is 1. The van der Waals surface area contributed by atoms with Crippen LogP contribution in [-0.2, 0) is 23.5 Å². The molecule has 21 heavy (non-hydrogen) atoms. The molecule has 0 fully saturated rings. The Morgan fingerprint density at radius 2 is 2.05 bits per heavy atom. The van der Waals surface area contributed by atoms with E-state index in [-0.39, 0.29) is 4.90 Å². The van der Waals surface area contributed by atoms with Gasteiger partial charge in [0.2, 0.25) is 10.0 Å². The fourth-order valence-electron chi connectivity index (χ4n) is 1.76. The highest BCUT2D eigenvalue weighted by Crippen LogP contribution is 2.13. The van der Waals surface area contributed by atoms with Gasteiger partial charge in [0.1, 0.15) is 10.7 Å². The molecule has 0 amide bonds. The number of nitrogens with zero attached hydrogens (tertiary/aromatic N) is 4. The Labute approximate surface area is 124 Å². The van der Waals surface area contributed by atoms with Crippen LogP contribution in [0, 0.1) is 0 Å². The summed E-state index contributed by atoms with van der Waals surface area (Å²) in [4.78, 5) is 4.30. The summed E-state index contributed by atoms with van der Waals surface area (Å²) in [6.07, 6.45) is 4.03. The molecule has 0 aliphatic carbocycles. The molecule has 0 saturated heterocycles. The molecule has 7 nitrogen and oxygen atoms in total. The molecule has 0 spiro atoms. The van der Waals surface area contributed by atoms with Crippen LogP contribution < -0.4 is 5.32 Å². The van der Waals surface area contributed by atoms with Crippen LogP contribution in [0.5, 0.6) is 0 Å². The van der Waals surface area contributed by atoms with Crippen molar-refractivity contribution in [3.8, 4) is 0 Å². The minimum Gasteiger partial charge on any atom is -0.370 e. The largest absolute Gasteiger partial charge is 0.370 e. The van der Waals surface area contributed by atoms with Crippen molar-refractivity contribution in [1.82, 2.24) is 19.1 Å². The van der Waals surface area contributed by atoms with Crippen molar-refractivity contribution in [3.05, 3.63) is 36.3 Å². The molecule has 0 saturated carbocycles. The lowest BCUT2D eigenvalue weighted by atomic mass is 10.3. The first-order valence-electron chi connectivity index (χ1n) is 6.50. The van der Waals surface area contributed by atoms with Gasteiger partial charge in [-0.1, -0.05) is 0 Å². The van der Waals surface area contributed by atoms with Crippen molar-refractivity contribution in [2.24, 2.45) is 7.05 Å². The Bertz CT molecular complexity index is 692. The number of anilines is 1. The highest BCUT2D eigenvalue weighted by atomic mass is 32.2. The van der Waals surface area contributed by atoms with Crippen LogP contribution in [-0.4, -0.2) is 48.1 Å². The molecule has 114 valence electrons. The summed E-state index contributed by atoms with van der Waals surface area (Å²) in [5.41, 5.74) is 0.997. The zero-order valence-electron chi connectivity index (χ0n) is 12.3. The van der Waals surface area contributed by atoms with Gasteiger partial charge in [0.25, 0.3) is 0 Å². The van der Waals surface area contributed by atoms with Gasteiger partial charge >= 0.3 is 0 Å². The van der Waals surface area contributed by atoms with Crippen molar-refractivity contribution in [1.29, 1.82) is 0 Å². The summed E-state index contributed by atoms with van der Waals surface area (Å²) in [5, 5.41) is 7.42. The smallest absolute Gasteiger partial charge is 0.244 e. The number of hydrogen-bond donors (Lipinski definition) is 1. The van der Waals surface area contributed by atoms with Crippen molar-refractivity contribution >= 4 is 15.8 Å². The van der Waals surface area contributed by atoms with E-state index in [9.17, 15) is 8.42 Å². The molecule has 2 aromatic rings. The van der Waals surface area contributed by atoms with Gasteiger partial charge in [-0.3, -0.25) is 4.68 Å². The molecule has 0 aliphatic rings. The molecule has 0 atom stereocenters. The highest BCUT2D eigenvalue weighted by molar-refractivity contribution is 7.89. The maximum absolute atomic E-state index is 11.9. The summed E-state index contributed by atoms with van der Waals surface area (Å²) >= 11 is 0. The average molecular weight is 309 g/mol. The number of aryl methyl sites for hydroxylation is 1. The monoisotopic (exact) mass is 309 g/mol. The molecule has 0 bridgehead atoms. The van der Waals surface area contributed by atoms with Crippen LogP contribution in [0.3, 0.4) is 0 Å². The van der Waals surface area contributed by atoms with Gasteiger partial charge in [-0.05, 0) is 18.2 Å². The van der Waals surface area contributed by atoms with E-state index in [4.69, 9.17) is 0 Å². The zero-order valence-corrected chi connectivity index (χ0v) is 13.1.